The number of sulfonamides is 1. The van der Waals surface area contributed by atoms with Gasteiger partial charge in [-0.25, -0.2) is 18.1 Å². The van der Waals surface area contributed by atoms with Crippen molar-refractivity contribution in [3.63, 3.8) is 0 Å². The number of rotatable bonds is 10. The molecule has 9 heteroatoms. The number of hydrogen-bond acceptors (Lipinski definition) is 6. The molecule has 0 radical (unpaired) electrons. The summed E-state index contributed by atoms with van der Waals surface area (Å²) < 4.78 is 27.1. The highest BCUT2D eigenvalue weighted by molar-refractivity contribution is 7.99. The van der Waals surface area contributed by atoms with Gasteiger partial charge in [0.2, 0.25) is 10.0 Å². The second kappa shape index (κ2) is 10.5. The van der Waals surface area contributed by atoms with Gasteiger partial charge in [-0.2, -0.15) is 0 Å². The number of aryl methyl sites for hydroxylation is 1. The van der Waals surface area contributed by atoms with Gasteiger partial charge in [0.15, 0.2) is 11.0 Å². The first kappa shape index (κ1) is 24.1. The highest BCUT2D eigenvalue weighted by Crippen LogP contribution is 2.33. The van der Waals surface area contributed by atoms with Crippen LogP contribution in [0.2, 0.25) is 0 Å². The molecule has 4 rings (SSSR count). The SMILES string of the molecule is C=CCn1c(SCCCNS(C)(=O)=O)nnc1-c1cc(-c2ccc(C)cc2)nc2ccccc12. The number of nitrogens with one attached hydrogen (secondary N) is 1. The summed E-state index contributed by atoms with van der Waals surface area (Å²) in [6, 6.07) is 18.4. The fourth-order valence-electron chi connectivity index (χ4n) is 3.61. The van der Waals surface area contributed by atoms with Crippen molar-refractivity contribution in [2.24, 2.45) is 0 Å². The molecule has 0 bridgehead atoms. The highest BCUT2D eigenvalue weighted by Gasteiger charge is 2.18. The lowest BCUT2D eigenvalue weighted by molar-refractivity contribution is 0.587. The van der Waals surface area contributed by atoms with E-state index in [1.165, 1.54) is 5.56 Å². The largest absolute Gasteiger partial charge is 0.298 e. The third kappa shape index (κ3) is 5.72. The molecule has 1 N–H and O–H groups in total. The summed E-state index contributed by atoms with van der Waals surface area (Å²) in [5.41, 5.74) is 4.97. The fraction of sp³-hybridized carbons (Fsp3) is 0.240. The minimum Gasteiger partial charge on any atom is -0.298 e. The maximum atomic E-state index is 11.3. The van der Waals surface area contributed by atoms with Crippen LogP contribution in [0, 0.1) is 6.92 Å². The molecule has 2 aromatic heterocycles. The Hall–Kier alpha value is -3.01. The summed E-state index contributed by atoms with van der Waals surface area (Å²) in [6.07, 6.45) is 3.67. The van der Waals surface area contributed by atoms with Crippen molar-refractivity contribution in [2.75, 3.05) is 18.6 Å². The van der Waals surface area contributed by atoms with Crippen LogP contribution in [0.3, 0.4) is 0 Å². The molecule has 0 aliphatic carbocycles. The molecule has 0 saturated carbocycles. The second-order valence-electron chi connectivity index (χ2n) is 8.01. The normalized spacial score (nSPS) is 11.7. The number of benzene rings is 2. The highest BCUT2D eigenvalue weighted by atomic mass is 32.2. The summed E-state index contributed by atoms with van der Waals surface area (Å²) in [7, 11) is -3.18. The lowest BCUT2D eigenvalue weighted by Crippen LogP contribution is -2.23. The van der Waals surface area contributed by atoms with Crippen LogP contribution in [-0.4, -0.2) is 46.7 Å². The van der Waals surface area contributed by atoms with E-state index in [0.29, 0.717) is 25.3 Å². The predicted molar refractivity (Wildman–Crippen MR) is 139 cm³/mol. The van der Waals surface area contributed by atoms with E-state index in [4.69, 9.17) is 4.98 Å². The number of hydrogen-bond donors (Lipinski definition) is 1. The first-order chi connectivity index (χ1) is 16.4. The van der Waals surface area contributed by atoms with Crippen LogP contribution in [0.4, 0.5) is 0 Å². The van der Waals surface area contributed by atoms with Gasteiger partial charge in [-0.3, -0.25) is 4.57 Å². The Morgan fingerprint density at radius 1 is 1.12 bits per heavy atom. The summed E-state index contributed by atoms with van der Waals surface area (Å²) in [5.74, 6) is 1.47. The fourth-order valence-corrected chi connectivity index (χ4v) is 5.02. The third-order valence-corrected chi connectivity index (χ3v) is 7.03. The molecule has 2 aromatic carbocycles. The van der Waals surface area contributed by atoms with Gasteiger partial charge in [-0.1, -0.05) is 65.9 Å². The van der Waals surface area contributed by atoms with Gasteiger partial charge < -0.3 is 0 Å². The zero-order valence-electron chi connectivity index (χ0n) is 19.2. The molecular formula is C25H27N5O2S2. The lowest BCUT2D eigenvalue weighted by Gasteiger charge is -2.12. The Morgan fingerprint density at radius 3 is 2.62 bits per heavy atom. The zero-order valence-corrected chi connectivity index (χ0v) is 20.9. The molecule has 0 aliphatic heterocycles. The molecule has 0 aliphatic rings. The van der Waals surface area contributed by atoms with Crippen molar-refractivity contribution >= 4 is 32.7 Å². The minimum atomic E-state index is -3.18. The van der Waals surface area contributed by atoms with Gasteiger partial charge in [0.05, 0.1) is 17.5 Å². The standard InChI is InChI=1S/C25H27N5O2S2/c1-4-15-30-24(28-29-25(30)33-16-7-14-26-34(3,31)32)21-17-23(19-12-10-18(2)11-13-19)27-22-9-6-5-8-20(21)22/h4-6,8-13,17,26H,1,7,14-16H2,2-3H3. The summed E-state index contributed by atoms with van der Waals surface area (Å²) in [5, 5.41) is 10.8. The first-order valence-corrected chi connectivity index (χ1v) is 13.8. The van der Waals surface area contributed by atoms with E-state index in [1.54, 1.807) is 11.8 Å². The van der Waals surface area contributed by atoms with Gasteiger partial charge >= 0.3 is 0 Å². The quantitative estimate of drug-likeness (QED) is 0.196. The lowest BCUT2D eigenvalue weighted by atomic mass is 10.0. The maximum Gasteiger partial charge on any atom is 0.208 e. The van der Waals surface area contributed by atoms with Crippen molar-refractivity contribution < 1.29 is 8.42 Å². The van der Waals surface area contributed by atoms with Gasteiger partial charge in [0.25, 0.3) is 0 Å². The average molecular weight is 494 g/mol. The number of aromatic nitrogens is 4. The third-order valence-electron chi connectivity index (χ3n) is 5.25. The van der Waals surface area contributed by atoms with Gasteiger partial charge in [0, 0.05) is 35.4 Å². The van der Waals surface area contributed by atoms with Crippen molar-refractivity contribution in [3.05, 3.63) is 72.8 Å². The Morgan fingerprint density at radius 2 is 1.88 bits per heavy atom. The van der Waals surface area contributed by atoms with E-state index in [9.17, 15) is 8.42 Å². The molecule has 176 valence electrons. The Bertz CT molecular complexity index is 1410. The number of allylic oxidation sites excluding steroid dienone is 1. The minimum absolute atomic E-state index is 0.392. The molecule has 34 heavy (non-hydrogen) atoms. The average Bonchev–Trinajstić information content (AvgIpc) is 3.20. The topological polar surface area (TPSA) is 89.8 Å². The summed E-state index contributed by atoms with van der Waals surface area (Å²) in [6.45, 7) is 6.93. The molecule has 4 aromatic rings. The molecule has 0 saturated heterocycles. The molecular weight excluding hydrogens is 466 g/mol. The van der Waals surface area contributed by atoms with Crippen LogP contribution in [0.15, 0.2) is 72.4 Å². The van der Waals surface area contributed by atoms with E-state index in [2.05, 4.69) is 58.8 Å². The van der Waals surface area contributed by atoms with Crippen LogP contribution in [0.5, 0.6) is 0 Å². The summed E-state index contributed by atoms with van der Waals surface area (Å²) in [4.78, 5) is 4.89. The van der Waals surface area contributed by atoms with E-state index >= 15 is 0 Å². The second-order valence-corrected chi connectivity index (χ2v) is 10.9. The predicted octanol–water partition coefficient (Wildman–Crippen LogP) is 4.69. The number of pyridine rings is 1. The van der Waals surface area contributed by atoms with Crippen LogP contribution in [0.25, 0.3) is 33.5 Å². The molecule has 0 unspecified atom stereocenters. The van der Waals surface area contributed by atoms with Gasteiger partial charge in [0.1, 0.15) is 0 Å². The van der Waals surface area contributed by atoms with Gasteiger partial charge in [-0.15, -0.1) is 16.8 Å². The molecule has 0 fully saturated rings. The van der Waals surface area contributed by atoms with Crippen LogP contribution in [-0.2, 0) is 16.6 Å². The molecule has 2 heterocycles. The van der Waals surface area contributed by atoms with E-state index < -0.39 is 10.0 Å². The van der Waals surface area contributed by atoms with E-state index in [1.807, 2.05) is 34.9 Å². The van der Waals surface area contributed by atoms with E-state index in [0.717, 1.165) is 45.0 Å². The molecule has 0 spiro atoms. The maximum absolute atomic E-state index is 11.3. The van der Waals surface area contributed by atoms with Crippen LogP contribution >= 0.6 is 11.8 Å². The number of thioether (sulfide) groups is 1. The molecule has 7 nitrogen and oxygen atoms in total. The van der Waals surface area contributed by atoms with Gasteiger partial charge in [-0.05, 0) is 25.5 Å². The monoisotopic (exact) mass is 493 g/mol. The number of para-hydroxylation sites is 1. The zero-order chi connectivity index (χ0) is 24.1. The number of fused-ring (bicyclic) bond motifs is 1. The van der Waals surface area contributed by atoms with Crippen LogP contribution < -0.4 is 4.72 Å². The van der Waals surface area contributed by atoms with Crippen molar-refractivity contribution in [2.45, 2.75) is 25.0 Å². The summed E-state index contributed by atoms with van der Waals surface area (Å²) >= 11 is 1.55. The smallest absolute Gasteiger partial charge is 0.208 e. The van der Waals surface area contributed by atoms with Crippen molar-refractivity contribution in [1.29, 1.82) is 0 Å². The van der Waals surface area contributed by atoms with Crippen molar-refractivity contribution in [3.8, 4) is 22.6 Å². The Labute approximate surface area is 204 Å². The molecule has 0 atom stereocenters. The van der Waals surface area contributed by atoms with Crippen LogP contribution in [0.1, 0.15) is 12.0 Å². The van der Waals surface area contributed by atoms with Crippen molar-refractivity contribution in [1.82, 2.24) is 24.5 Å². The van der Waals surface area contributed by atoms with E-state index in [-0.39, 0.29) is 0 Å². The number of nitrogens with zero attached hydrogens (tertiary/aromatic N) is 4. The first-order valence-electron chi connectivity index (χ1n) is 10.9. The molecule has 0 amide bonds. The Kier molecular flexibility index (Phi) is 7.45. The Balaban J connectivity index is 1.70.